The minimum atomic E-state index is -4.33. The summed E-state index contributed by atoms with van der Waals surface area (Å²) in [5, 5.41) is 6.77. The minimum Gasteiger partial charge on any atom is -0.476 e. The molecule has 0 spiro atoms. The molecule has 2 rings (SSSR count). The van der Waals surface area contributed by atoms with E-state index >= 15 is 0 Å². The standard InChI is InChI=1S/C23H31F3N4O5/c1-5-34-20(32)22(2,3)35-17-11-6-9-16(15-17)10-7-13-27-18-19(31)29(4)21(33)30(28-18)14-8-12-23(24,25)26/h6,9,11,15H,5,7-8,10,12-14H2,1-4H3,(H,27,28). The molecule has 0 atom stereocenters. The van der Waals surface area contributed by atoms with Gasteiger partial charge in [0.05, 0.1) is 6.61 Å². The summed E-state index contributed by atoms with van der Waals surface area (Å²) in [5.74, 6) is -0.0641. The molecular weight excluding hydrogens is 469 g/mol. The third-order valence-corrected chi connectivity index (χ3v) is 5.04. The van der Waals surface area contributed by atoms with Crippen molar-refractivity contribution in [2.45, 2.75) is 64.8 Å². The van der Waals surface area contributed by atoms with Gasteiger partial charge in [-0.25, -0.2) is 14.3 Å². The zero-order chi connectivity index (χ0) is 26.2. The molecule has 9 nitrogen and oxygen atoms in total. The average molecular weight is 501 g/mol. The fourth-order valence-corrected chi connectivity index (χ4v) is 3.22. The van der Waals surface area contributed by atoms with Crippen LogP contribution in [0.15, 0.2) is 33.9 Å². The van der Waals surface area contributed by atoms with Crippen LogP contribution in [0.3, 0.4) is 0 Å². The molecule has 1 heterocycles. The molecule has 2 aromatic rings. The lowest BCUT2D eigenvalue weighted by molar-refractivity contribution is -0.158. The molecule has 0 aliphatic carbocycles. The van der Waals surface area contributed by atoms with Crippen molar-refractivity contribution in [2.24, 2.45) is 7.05 Å². The zero-order valence-electron chi connectivity index (χ0n) is 20.3. The van der Waals surface area contributed by atoms with Crippen LogP contribution < -0.4 is 21.3 Å². The van der Waals surface area contributed by atoms with E-state index in [1.165, 1.54) is 7.05 Å². The van der Waals surface area contributed by atoms with Crippen molar-refractivity contribution < 1.29 is 27.4 Å². The van der Waals surface area contributed by atoms with Crippen molar-refractivity contribution >= 4 is 11.8 Å². The molecule has 1 aromatic carbocycles. The van der Waals surface area contributed by atoms with E-state index in [0.29, 0.717) is 25.1 Å². The molecule has 0 saturated heterocycles. The van der Waals surface area contributed by atoms with Crippen LogP contribution >= 0.6 is 0 Å². The second kappa shape index (κ2) is 11.9. The number of aryl methyl sites for hydroxylation is 2. The highest BCUT2D eigenvalue weighted by Gasteiger charge is 2.31. The van der Waals surface area contributed by atoms with Gasteiger partial charge in [-0.05, 0) is 57.7 Å². The van der Waals surface area contributed by atoms with Crippen molar-refractivity contribution in [3.8, 4) is 5.75 Å². The topological polar surface area (TPSA) is 104 Å². The maximum absolute atomic E-state index is 12.4. The van der Waals surface area contributed by atoms with Gasteiger partial charge in [0.1, 0.15) is 5.75 Å². The number of ether oxygens (including phenoxy) is 2. The Labute approximate surface area is 200 Å². The largest absolute Gasteiger partial charge is 0.476 e. The maximum atomic E-state index is 12.4. The molecule has 0 fully saturated rings. The van der Waals surface area contributed by atoms with E-state index in [0.717, 1.165) is 14.8 Å². The molecule has 1 aromatic heterocycles. The van der Waals surface area contributed by atoms with Crippen molar-refractivity contribution in [1.82, 2.24) is 14.3 Å². The number of anilines is 1. The number of rotatable bonds is 12. The van der Waals surface area contributed by atoms with Gasteiger partial charge in [0.2, 0.25) is 5.82 Å². The van der Waals surface area contributed by atoms with Gasteiger partial charge in [-0.1, -0.05) is 12.1 Å². The fraction of sp³-hybridized carbons (Fsp3) is 0.565. The van der Waals surface area contributed by atoms with Crippen molar-refractivity contribution in [2.75, 3.05) is 18.5 Å². The lowest BCUT2D eigenvalue weighted by Gasteiger charge is -2.24. The molecule has 0 aliphatic heterocycles. The summed E-state index contributed by atoms with van der Waals surface area (Å²) < 4.78 is 49.7. The number of carbonyl (C=O) groups is 1. The first-order valence-corrected chi connectivity index (χ1v) is 11.3. The first-order valence-electron chi connectivity index (χ1n) is 11.3. The predicted molar refractivity (Wildman–Crippen MR) is 124 cm³/mol. The molecule has 0 aliphatic rings. The lowest BCUT2D eigenvalue weighted by Crippen LogP contribution is -2.41. The van der Waals surface area contributed by atoms with Crippen LogP contribution in [-0.4, -0.2) is 45.2 Å². The number of nitrogens with one attached hydrogen (secondary N) is 1. The first kappa shape index (κ1) is 27.9. The molecule has 1 N–H and O–H groups in total. The highest BCUT2D eigenvalue weighted by atomic mass is 19.4. The van der Waals surface area contributed by atoms with E-state index < -0.39 is 35.4 Å². The highest BCUT2D eigenvalue weighted by Crippen LogP contribution is 2.22. The lowest BCUT2D eigenvalue weighted by atomic mass is 10.1. The van der Waals surface area contributed by atoms with Crippen LogP contribution in [0.1, 0.15) is 45.6 Å². The number of hydrogen-bond donors (Lipinski definition) is 1. The molecule has 0 saturated carbocycles. The van der Waals surface area contributed by atoms with E-state index in [1.54, 1.807) is 39.0 Å². The minimum absolute atomic E-state index is 0.104. The van der Waals surface area contributed by atoms with E-state index in [2.05, 4.69) is 10.4 Å². The van der Waals surface area contributed by atoms with Gasteiger partial charge in [0.25, 0.3) is 5.56 Å². The molecular formula is C23H31F3N4O5. The average Bonchev–Trinajstić information content (AvgIpc) is 2.77. The molecule has 0 unspecified atom stereocenters. The maximum Gasteiger partial charge on any atom is 0.389 e. The number of nitrogens with zero attached hydrogens (tertiary/aromatic N) is 3. The number of alkyl halides is 3. The number of benzene rings is 1. The van der Waals surface area contributed by atoms with Crippen molar-refractivity contribution in [1.29, 1.82) is 0 Å². The Kier molecular flexibility index (Phi) is 9.49. The molecule has 35 heavy (non-hydrogen) atoms. The number of aromatic nitrogens is 3. The Bertz CT molecular complexity index is 1130. The first-order chi connectivity index (χ1) is 16.3. The predicted octanol–water partition coefficient (Wildman–Crippen LogP) is 3.05. The molecule has 12 heteroatoms. The quantitative estimate of drug-likeness (QED) is 0.353. The summed E-state index contributed by atoms with van der Waals surface area (Å²) in [5.41, 5.74) is -1.64. The normalized spacial score (nSPS) is 11.9. The fourth-order valence-electron chi connectivity index (χ4n) is 3.22. The summed E-state index contributed by atoms with van der Waals surface area (Å²) >= 11 is 0. The van der Waals surface area contributed by atoms with Crippen LogP contribution in [0.5, 0.6) is 5.75 Å². The van der Waals surface area contributed by atoms with Crippen molar-refractivity contribution in [3.63, 3.8) is 0 Å². The van der Waals surface area contributed by atoms with Crippen LogP contribution in [-0.2, 0) is 29.5 Å². The Morgan fingerprint density at radius 3 is 2.54 bits per heavy atom. The monoisotopic (exact) mass is 500 g/mol. The van der Waals surface area contributed by atoms with E-state index in [1.807, 2.05) is 6.07 Å². The Balaban J connectivity index is 1.97. The number of hydrogen-bond acceptors (Lipinski definition) is 7. The van der Waals surface area contributed by atoms with Gasteiger partial charge in [-0.3, -0.25) is 9.36 Å². The van der Waals surface area contributed by atoms with Crippen LogP contribution in [0, 0.1) is 0 Å². The van der Waals surface area contributed by atoms with Crippen molar-refractivity contribution in [3.05, 3.63) is 50.7 Å². The summed E-state index contributed by atoms with van der Waals surface area (Å²) in [6.45, 7) is 5.30. The van der Waals surface area contributed by atoms with Crippen LogP contribution in [0.4, 0.5) is 19.0 Å². The van der Waals surface area contributed by atoms with E-state index in [-0.39, 0.29) is 25.4 Å². The van der Waals surface area contributed by atoms with Gasteiger partial charge in [0.15, 0.2) is 5.60 Å². The van der Waals surface area contributed by atoms with Gasteiger partial charge in [0, 0.05) is 26.6 Å². The third-order valence-electron chi connectivity index (χ3n) is 5.04. The summed E-state index contributed by atoms with van der Waals surface area (Å²) in [6.07, 6.45) is -4.51. The smallest absolute Gasteiger partial charge is 0.389 e. The number of esters is 1. The van der Waals surface area contributed by atoms with Gasteiger partial charge in [-0.2, -0.15) is 13.2 Å². The van der Waals surface area contributed by atoms with Gasteiger partial charge < -0.3 is 14.8 Å². The Morgan fingerprint density at radius 1 is 1.17 bits per heavy atom. The second-order valence-electron chi connectivity index (χ2n) is 8.45. The van der Waals surface area contributed by atoms with Gasteiger partial charge >= 0.3 is 17.8 Å². The third kappa shape index (κ3) is 8.45. The molecule has 0 bridgehead atoms. The molecule has 194 valence electrons. The van der Waals surface area contributed by atoms with E-state index in [9.17, 15) is 27.6 Å². The number of carbonyl (C=O) groups excluding carboxylic acids is 1. The highest BCUT2D eigenvalue weighted by molar-refractivity contribution is 5.79. The van der Waals surface area contributed by atoms with E-state index in [4.69, 9.17) is 9.47 Å². The summed E-state index contributed by atoms with van der Waals surface area (Å²) in [6, 6.07) is 7.23. The second-order valence-corrected chi connectivity index (χ2v) is 8.45. The zero-order valence-corrected chi connectivity index (χ0v) is 20.3. The summed E-state index contributed by atoms with van der Waals surface area (Å²) in [4.78, 5) is 36.5. The Morgan fingerprint density at radius 2 is 1.89 bits per heavy atom. The molecule has 0 amide bonds. The Hall–Kier alpha value is -3.31. The van der Waals surface area contributed by atoms with Crippen LogP contribution in [0.25, 0.3) is 0 Å². The summed E-state index contributed by atoms with van der Waals surface area (Å²) in [7, 11) is 1.25. The molecule has 0 radical (unpaired) electrons. The van der Waals surface area contributed by atoms with Gasteiger partial charge in [-0.15, -0.1) is 5.10 Å². The SMILES string of the molecule is CCOC(=O)C(C)(C)Oc1cccc(CCCNc2nn(CCCC(F)(F)F)c(=O)n(C)c2=O)c1. The van der Waals surface area contributed by atoms with Crippen LogP contribution in [0.2, 0.25) is 0 Å². The number of halogens is 3.